The van der Waals surface area contributed by atoms with Gasteiger partial charge in [0.1, 0.15) is 17.7 Å². The van der Waals surface area contributed by atoms with Crippen LogP contribution in [0.1, 0.15) is 62.4 Å². The van der Waals surface area contributed by atoms with E-state index in [1.165, 1.54) is 48.2 Å². The first-order valence-electron chi connectivity index (χ1n) is 14.9. The lowest BCUT2D eigenvalue weighted by atomic mass is 9.78. The van der Waals surface area contributed by atoms with Crippen molar-refractivity contribution >= 4 is 27.7 Å². The number of β-lactam (4-membered cyclic amide) rings is 1. The quantitative estimate of drug-likeness (QED) is 0.0376. The smallest absolute Gasteiger partial charge is 0.458 e. The summed E-state index contributed by atoms with van der Waals surface area (Å²) in [6.45, 7) is 5.70. The lowest BCUT2D eigenvalue weighted by molar-refractivity contribution is -0.147. The van der Waals surface area contributed by atoms with Crippen molar-refractivity contribution < 1.29 is 54.0 Å². The Morgan fingerprint density at radius 3 is 2.08 bits per heavy atom. The Morgan fingerprint density at radius 2 is 1.54 bits per heavy atom. The third-order valence-corrected chi connectivity index (χ3v) is 8.31. The van der Waals surface area contributed by atoms with E-state index in [0.717, 1.165) is 12.1 Å². The lowest BCUT2D eigenvalue weighted by Crippen LogP contribution is -2.55. The van der Waals surface area contributed by atoms with Gasteiger partial charge in [0.25, 0.3) is 0 Å². The van der Waals surface area contributed by atoms with Gasteiger partial charge < -0.3 is 23.3 Å². The molecule has 9 nitrogen and oxygen atoms in total. The zero-order valence-corrected chi connectivity index (χ0v) is 27.0. The van der Waals surface area contributed by atoms with Crippen LogP contribution in [0.4, 0.5) is 23.2 Å². The van der Waals surface area contributed by atoms with Crippen molar-refractivity contribution in [2.24, 2.45) is 5.92 Å². The van der Waals surface area contributed by atoms with E-state index in [9.17, 15) is 35.6 Å². The van der Waals surface area contributed by atoms with Gasteiger partial charge >= 0.3 is 21.6 Å². The number of esters is 1. The van der Waals surface area contributed by atoms with Crippen LogP contribution in [0, 0.1) is 23.6 Å². The maximum absolute atomic E-state index is 13.6. The first kappa shape index (κ1) is 36.4. The topological polar surface area (TPSA) is 108 Å². The molecule has 0 N–H and O–H groups in total. The molecule has 2 unspecified atom stereocenters. The number of ether oxygens (including phenoxy) is 3. The highest BCUT2D eigenvalue weighted by Gasteiger charge is 2.50. The average Bonchev–Trinajstić information content (AvgIpc) is 3.03. The normalized spacial score (nSPS) is 16.9. The van der Waals surface area contributed by atoms with E-state index < -0.39 is 57.5 Å². The van der Waals surface area contributed by atoms with Crippen LogP contribution < -0.4 is 9.08 Å². The van der Waals surface area contributed by atoms with E-state index in [0.29, 0.717) is 35.6 Å². The summed E-state index contributed by atoms with van der Waals surface area (Å²) >= 11 is 0. The fourth-order valence-electron chi connectivity index (χ4n) is 5.18. The molecule has 0 spiro atoms. The Hall–Kier alpha value is -4.45. The molecule has 1 amide bonds. The Balaban J connectivity index is 1.61. The zero-order valence-electron chi connectivity index (χ0n) is 26.2. The third kappa shape index (κ3) is 8.91. The third-order valence-electron chi connectivity index (χ3n) is 7.33. The monoisotopic (exact) mass is 691 g/mol. The molecule has 1 saturated heterocycles. The minimum atomic E-state index is -5.88. The van der Waals surface area contributed by atoms with Crippen LogP contribution in [0.15, 0.2) is 72.8 Å². The van der Waals surface area contributed by atoms with Crippen LogP contribution in [-0.2, 0) is 33.9 Å². The van der Waals surface area contributed by atoms with Crippen molar-refractivity contribution in [2.75, 3.05) is 18.1 Å². The second-order valence-corrected chi connectivity index (χ2v) is 12.1. The first-order valence-corrected chi connectivity index (χ1v) is 16.4. The number of benzene rings is 3. The van der Waals surface area contributed by atoms with Gasteiger partial charge in [0.05, 0.1) is 12.0 Å². The second kappa shape index (κ2) is 15.6. The van der Waals surface area contributed by atoms with Gasteiger partial charge in [-0.3, -0.25) is 9.59 Å². The van der Waals surface area contributed by atoms with Crippen LogP contribution in [0.3, 0.4) is 0 Å². The van der Waals surface area contributed by atoms with Gasteiger partial charge in [0.15, 0.2) is 0 Å². The number of carbonyl (C=O) groups excluding carboxylic acids is 2. The van der Waals surface area contributed by atoms with Gasteiger partial charge in [-0.2, -0.15) is 21.6 Å². The molecule has 0 radical (unpaired) electrons. The number of rotatable bonds is 13. The van der Waals surface area contributed by atoms with Crippen LogP contribution >= 0.6 is 0 Å². The Kier molecular flexibility index (Phi) is 11.9. The van der Waals surface area contributed by atoms with Gasteiger partial charge in [-0.05, 0) is 92.3 Å². The van der Waals surface area contributed by atoms with Crippen LogP contribution in [0.25, 0.3) is 0 Å². The van der Waals surface area contributed by atoms with Crippen molar-refractivity contribution in [3.05, 3.63) is 95.3 Å². The highest BCUT2D eigenvalue weighted by atomic mass is 32.2. The number of alkyl halides is 3. The van der Waals surface area contributed by atoms with Crippen molar-refractivity contribution in [1.29, 1.82) is 0 Å². The van der Waals surface area contributed by atoms with Gasteiger partial charge in [-0.1, -0.05) is 30.2 Å². The molecule has 0 aromatic heterocycles. The fraction of sp³-hybridized carbons (Fsp3) is 0.353. The Morgan fingerprint density at radius 1 is 0.938 bits per heavy atom. The molecule has 0 bridgehead atoms. The number of halogens is 4. The average molecular weight is 692 g/mol. The molecule has 0 aliphatic carbocycles. The predicted octanol–water partition coefficient (Wildman–Crippen LogP) is 6.59. The van der Waals surface area contributed by atoms with Crippen LogP contribution in [0.2, 0.25) is 0 Å². The fourth-order valence-corrected chi connectivity index (χ4v) is 5.64. The Labute approximate surface area is 275 Å². The van der Waals surface area contributed by atoms with Gasteiger partial charge in [0, 0.05) is 31.4 Å². The molecule has 3 atom stereocenters. The number of carbonyl (C=O) groups is 2. The lowest BCUT2D eigenvalue weighted by Gasteiger charge is -2.48. The van der Waals surface area contributed by atoms with Crippen molar-refractivity contribution in [1.82, 2.24) is 0 Å². The molecular weight excluding hydrogens is 658 g/mol. The molecular formula is C34H33F4NO8S. The summed E-state index contributed by atoms with van der Waals surface area (Å²) < 4.78 is 95.7. The molecule has 3 aromatic carbocycles. The van der Waals surface area contributed by atoms with E-state index in [1.807, 2.05) is 13.8 Å². The van der Waals surface area contributed by atoms with Crippen LogP contribution in [-0.4, -0.2) is 45.3 Å². The van der Waals surface area contributed by atoms with E-state index in [-0.39, 0.29) is 18.7 Å². The number of anilines is 1. The van der Waals surface area contributed by atoms with Crippen molar-refractivity contribution in [2.45, 2.75) is 57.6 Å². The summed E-state index contributed by atoms with van der Waals surface area (Å²) in [4.78, 5) is 27.0. The number of hydrogen-bond acceptors (Lipinski definition) is 8. The molecule has 1 fully saturated rings. The molecule has 48 heavy (non-hydrogen) atoms. The maximum atomic E-state index is 13.6. The van der Waals surface area contributed by atoms with E-state index in [2.05, 4.69) is 16.0 Å². The summed E-state index contributed by atoms with van der Waals surface area (Å²) in [5.41, 5.74) is -3.46. The molecule has 1 aliphatic heterocycles. The molecule has 1 aliphatic rings. The number of amides is 1. The SMILES string of the molecule is CCOC(C#Cc1ccc(N2C(=O)C(CC[C@H](OC(C)=O)c3ccc(F)cc3)C2c2ccc(OS(=O)(=O)C(F)(F)F)cc2)cc1)OCC. The zero-order chi connectivity index (χ0) is 35.1. The van der Waals surface area contributed by atoms with Gasteiger partial charge in [0.2, 0.25) is 12.2 Å². The van der Waals surface area contributed by atoms with Gasteiger partial charge in [-0.15, -0.1) is 0 Å². The minimum Gasteiger partial charge on any atom is -0.458 e. The summed E-state index contributed by atoms with van der Waals surface area (Å²) in [7, 11) is -5.88. The maximum Gasteiger partial charge on any atom is 0.534 e. The molecule has 0 saturated carbocycles. The molecule has 4 rings (SSSR count). The summed E-state index contributed by atoms with van der Waals surface area (Å²) in [5.74, 6) is 3.34. The first-order chi connectivity index (χ1) is 22.7. The van der Waals surface area contributed by atoms with Crippen molar-refractivity contribution in [3.63, 3.8) is 0 Å². The summed E-state index contributed by atoms with van der Waals surface area (Å²) in [5, 5.41) is 0. The predicted molar refractivity (Wildman–Crippen MR) is 166 cm³/mol. The van der Waals surface area contributed by atoms with Crippen LogP contribution in [0.5, 0.6) is 5.75 Å². The summed E-state index contributed by atoms with van der Waals surface area (Å²) in [6, 6.07) is 16.5. The number of nitrogens with zero attached hydrogens (tertiary/aromatic N) is 1. The standard InChI is InChI=1S/C34H33F4NO8S/c1-4-44-31(45-5-2)21-8-23-6-15-27(16-7-23)39-32(25-11-17-28(18-12-25)47-48(42,43)34(36,37)38)29(33(39)41)19-20-30(46-22(3)40)24-9-13-26(35)14-10-24/h6-7,9-18,29-32H,4-5,19-20H2,1-3H3/t29?,30-,32?/m0/s1. The largest absolute Gasteiger partial charge is 0.534 e. The molecule has 256 valence electrons. The molecule has 1 heterocycles. The Bertz CT molecular complexity index is 1730. The van der Waals surface area contributed by atoms with E-state index >= 15 is 0 Å². The van der Waals surface area contributed by atoms with Crippen molar-refractivity contribution in [3.8, 4) is 17.6 Å². The van der Waals surface area contributed by atoms with Gasteiger partial charge in [-0.25, -0.2) is 4.39 Å². The second-order valence-electron chi connectivity index (χ2n) is 10.6. The molecule has 3 aromatic rings. The highest BCUT2D eigenvalue weighted by molar-refractivity contribution is 7.88. The van der Waals surface area contributed by atoms with E-state index in [1.54, 1.807) is 24.3 Å². The molecule has 14 heteroatoms. The minimum absolute atomic E-state index is 0.201. The number of hydrogen-bond donors (Lipinski definition) is 0. The summed E-state index contributed by atoms with van der Waals surface area (Å²) in [6.07, 6.45) is -1.06. The van der Waals surface area contributed by atoms with E-state index in [4.69, 9.17) is 14.2 Å². The highest BCUT2D eigenvalue weighted by Crippen LogP contribution is 2.47.